The van der Waals surface area contributed by atoms with Gasteiger partial charge < -0.3 is 25.6 Å². The quantitative estimate of drug-likeness (QED) is 0.159. The van der Waals surface area contributed by atoms with E-state index in [0.29, 0.717) is 38.5 Å². The van der Waals surface area contributed by atoms with Crippen LogP contribution in [0.3, 0.4) is 0 Å². The highest BCUT2D eigenvalue weighted by Gasteiger charge is 2.62. The third kappa shape index (κ3) is 7.05. The van der Waals surface area contributed by atoms with Gasteiger partial charge in [0, 0.05) is 12.3 Å². The Kier molecular flexibility index (Phi) is 9.21. The van der Waals surface area contributed by atoms with E-state index >= 15 is 0 Å². The van der Waals surface area contributed by atoms with Crippen molar-refractivity contribution in [2.75, 3.05) is 23.7 Å². The van der Waals surface area contributed by atoms with Gasteiger partial charge in [-0.3, -0.25) is 33.5 Å². The lowest BCUT2D eigenvalue weighted by Crippen LogP contribution is -2.57. The van der Waals surface area contributed by atoms with E-state index in [4.69, 9.17) is 4.74 Å². The molecule has 3 fully saturated rings. The molecule has 0 unspecified atom stereocenters. The third-order valence-electron chi connectivity index (χ3n) is 8.79. The zero-order valence-corrected chi connectivity index (χ0v) is 25.4. The molecule has 1 aromatic rings. The second-order valence-corrected chi connectivity index (χ2v) is 14.1. The molecule has 5 rings (SSSR count). The fraction of sp³-hybridized carbons (Fsp3) is 0.643. The second-order valence-electron chi connectivity index (χ2n) is 12.2. The third-order valence-corrected chi connectivity index (χ3v) is 10.6. The van der Waals surface area contributed by atoms with Gasteiger partial charge in [0.25, 0.3) is 23.2 Å². The number of carbonyl (C=O) groups is 4. The first-order valence-electron chi connectivity index (χ1n) is 15.0. The minimum atomic E-state index is -4.69. The number of halogens is 3. The standard InChI is InChI=1S/C28H34F3N5O9S/c29-28(30,31)13-32-20-21(23(39)22(20)38)33-18-7-5-3-1-2-4-6-15-11-27(15,26(42)35-46(43,44)17-8-9-17)34-24(40)19-10-16(45-14-37)12-36(19)25(18)41/h4,6,14-19,32-33H,1-3,5,7-13H2,(H,34,40)(H,35,42)/b6-4-/t15-,16-,18+,19+,27-/m1/s1. The van der Waals surface area contributed by atoms with Crippen molar-refractivity contribution in [2.24, 2.45) is 5.92 Å². The van der Waals surface area contributed by atoms with E-state index in [-0.39, 0.29) is 32.3 Å². The molecule has 46 heavy (non-hydrogen) atoms. The van der Waals surface area contributed by atoms with Gasteiger partial charge >= 0.3 is 6.18 Å². The fourth-order valence-electron chi connectivity index (χ4n) is 6.00. The van der Waals surface area contributed by atoms with Gasteiger partial charge in [0.2, 0.25) is 21.8 Å². The van der Waals surface area contributed by atoms with Crippen molar-refractivity contribution in [1.29, 1.82) is 0 Å². The smallest absolute Gasteiger partial charge is 0.405 e. The summed E-state index contributed by atoms with van der Waals surface area (Å²) in [7, 11) is -3.94. The Bertz CT molecular complexity index is 1600. The van der Waals surface area contributed by atoms with Crippen LogP contribution in [0.1, 0.15) is 57.8 Å². The van der Waals surface area contributed by atoms with Crippen LogP contribution < -0.4 is 31.5 Å². The highest BCUT2D eigenvalue weighted by atomic mass is 32.2. The predicted octanol–water partition coefficient (Wildman–Crippen LogP) is 0.183. The van der Waals surface area contributed by atoms with Gasteiger partial charge in [-0.1, -0.05) is 25.0 Å². The lowest BCUT2D eigenvalue weighted by molar-refractivity contribution is -0.140. The number of alkyl halides is 3. The lowest BCUT2D eigenvalue weighted by atomic mass is 10.0. The molecular formula is C28H34F3N5O9S. The van der Waals surface area contributed by atoms with Gasteiger partial charge in [0.15, 0.2) is 0 Å². The topological polar surface area (TPSA) is 197 Å². The fourth-order valence-corrected chi connectivity index (χ4v) is 7.36. The van der Waals surface area contributed by atoms with Gasteiger partial charge in [0.1, 0.15) is 41.6 Å². The maximum atomic E-state index is 14.0. The molecule has 0 aromatic heterocycles. The predicted molar refractivity (Wildman–Crippen MR) is 156 cm³/mol. The van der Waals surface area contributed by atoms with Gasteiger partial charge in [-0.2, -0.15) is 13.2 Å². The molecule has 0 spiro atoms. The molecule has 4 N–H and O–H groups in total. The molecule has 0 bridgehead atoms. The number of ether oxygens (including phenoxy) is 1. The van der Waals surface area contributed by atoms with Crippen molar-refractivity contribution in [3.8, 4) is 0 Å². The van der Waals surface area contributed by atoms with Crippen LogP contribution in [0.2, 0.25) is 0 Å². The Morgan fingerprint density at radius 2 is 1.80 bits per heavy atom. The molecule has 14 nitrogen and oxygen atoms in total. The Hall–Kier alpha value is -3.96. The summed E-state index contributed by atoms with van der Waals surface area (Å²) in [6.45, 7) is -1.69. The molecule has 5 atom stereocenters. The summed E-state index contributed by atoms with van der Waals surface area (Å²) in [6.07, 6.45) is 1.01. The number of fused-ring (bicyclic) bond motifs is 2. The Labute approximate surface area is 261 Å². The molecule has 1 saturated heterocycles. The highest BCUT2D eigenvalue weighted by Crippen LogP contribution is 2.46. The molecule has 4 aliphatic rings. The zero-order valence-electron chi connectivity index (χ0n) is 24.6. The molecule has 2 heterocycles. The van der Waals surface area contributed by atoms with Crippen LogP contribution >= 0.6 is 0 Å². The maximum absolute atomic E-state index is 14.0. The molecule has 3 amide bonds. The minimum absolute atomic E-state index is 0.0815. The summed E-state index contributed by atoms with van der Waals surface area (Å²) >= 11 is 0. The number of hydrogen-bond donors (Lipinski definition) is 4. The number of sulfonamides is 1. The minimum Gasteiger partial charge on any atom is -0.463 e. The van der Waals surface area contributed by atoms with Gasteiger partial charge in [0.05, 0.1) is 11.8 Å². The van der Waals surface area contributed by atoms with E-state index in [9.17, 15) is 50.4 Å². The molecule has 2 saturated carbocycles. The van der Waals surface area contributed by atoms with Crippen LogP contribution in [0.4, 0.5) is 24.5 Å². The van der Waals surface area contributed by atoms with Crippen LogP contribution in [-0.2, 0) is 33.9 Å². The number of hydrogen-bond acceptors (Lipinski definition) is 11. The van der Waals surface area contributed by atoms with E-state index in [1.54, 1.807) is 6.08 Å². The summed E-state index contributed by atoms with van der Waals surface area (Å²) in [4.78, 5) is 77.7. The van der Waals surface area contributed by atoms with E-state index in [0.717, 1.165) is 4.90 Å². The average Bonchev–Trinajstić information content (AvgIpc) is 3.91. The number of allylic oxidation sites excluding steroid dienone is 1. The van der Waals surface area contributed by atoms with Crippen molar-refractivity contribution in [3.05, 3.63) is 32.6 Å². The molecule has 252 valence electrons. The number of carbonyl (C=O) groups excluding carboxylic acids is 4. The van der Waals surface area contributed by atoms with E-state index in [1.165, 1.54) is 0 Å². The average molecular weight is 674 g/mol. The van der Waals surface area contributed by atoms with Crippen LogP contribution in [0.15, 0.2) is 21.7 Å². The van der Waals surface area contributed by atoms with Gasteiger partial charge in [-0.25, -0.2) is 8.42 Å². The number of amides is 3. The molecule has 1 aromatic carbocycles. The van der Waals surface area contributed by atoms with Gasteiger partial charge in [-0.15, -0.1) is 0 Å². The summed E-state index contributed by atoms with van der Waals surface area (Å²) in [5.74, 6) is -2.98. The molecular weight excluding hydrogens is 639 g/mol. The zero-order chi connectivity index (χ0) is 33.4. The van der Waals surface area contributed by atoms with Gasteiger partial charge in [-0.05, 0) is 38.5 Å². The van der Waals surface area contributed by atoms with Crippen molar-refractivity contribution >= 4 is 45.6 Å². The van der Waals surface area contributed by atoms with Crippen LogP contribution in [0.25, 0.3) is 0 Å². The van der Waals surface area contributed by atoms with E-state index in [2.05, 4.69) is 15.4 Å². The molecule has 0 radical (unpaired) electrons. The van der Waals surface area contributed by atoms with Crippen LogP contribution in [0, 0.1) is 5.92 Å². The van der Waals surface area contributed by atoms with E-state index < -0.39 is 97.6 Å². The summed E-state index contributed by atoms with van der Waals surface area (Å²) < 4.78 is 70.7. The molecule has 2 aliphatic heterocycles. The van der Waals surface area contributed by atoms with Crippen molar-refractivity contribution in [1.82, 2.24) is 14.9 Å². The summed E-state index contributed by atoms with van der Waals surface area (Å²) in [5, 5.41) is 6.48. The normalized spacial score (nSPS) is 29.8. The Balaban J connectivity index is 1.42. The largest absolute Gasteiger partial charge is 0.463 e. The summed E-state index contributed by atoms with van der Waals surface area (Å²) in [6, 6.07) is -2.55. The number of nitrogens with zero attached hydrogens (tertiary/aromatic N) is 1. The molecule has 18 heteroatoms. The van der Waals surface area contributed by atoms with Crippen LogP contribution in [0.5, 0.6) is 0 Å². The highest BCUT2D eigenvalue weighted by molar-refractivity contribution is 7.91. The first kappa shape index (κ1) is 33.4. The second kappa shape index (κ2) is 12.7. The summed E-state index contributed by atoms with van der Waals surface area (Å²) in [5.41, 5.74) is -4.98. The lowest BCUT2D eigenvalue weighted by Gasteiger charge is -2.30. The monoisotopic (exact) mass is 673 g/mol. The Morgan fingerprint density at radius 1 is 1.09 bits per heavy atom. The first-order valence-corrected chi connectivity index (χ1v) is 16.6. The number of rotatable bonds is 9. The van der Waals surface area contributed by atoms with E-state index in [1.807, 2.05) is 11.4 Å². The maximum Gasteiger partial charge on any atom is 0.405 e. The SMILES string of the molecule is O=CO[C@@H]1C[C@H]2C(=O)N[C@]3(C(=O)NS(=O)(=O)C4CC4)C[C@H]3/C=C\CCCCC[C@H](Nc3c(NCC(F)(F)F)c(=O)c3=O)C(=O)N2C1. The molecule has 2 aliphatic carbocycles. The van der Waals surface area contributed by atoms with Crippen molar-refractivity contribution in [2.45, 2.75) is 92.9 Å². The van der Waals surface area contributed by atoms with Crippen LogP contribution in [-0.4, -0.2) is 85.8 Å². The Morgan fingerprint density at radius 3 is 2.48 bits per heavy atom. The first-order chi connectivity index (χ1) is 21.7. The van der Waals surface area contributed by atoms with Crippen molar-refractivity contribution in [3.63, 3.8) is 0 Å². The number of nitrogens with one attached hydrogen (secondary N) is 4. The number of anilines is 2. The van der Waals surface area contributed by atoms with Crippen molar-refractivity contribution < 1.29 is 45.5 Å².